The van der Waals surface area contributed by atoms with Crippen LogP contribution in [0.25, 0.3) is 0 Å². The number of rotatable bonds is 4. The number of carbonyl (C=O) groups excluding carboxylic acids is 3. The number of hydrogen-bond donors (Lipinski definition) is 1. The lowest BCUT2D eigenvalue weighted by atomic mass is 9.81. The van der Waals surface area contributed by atoms with Crippen molar-refractivity contribution in [3.63, 3.8) is 0 Å². The number of halogens is 1. The fourth-order valence-electron chi connectivity index (χ4n) is 5.11. The molecule has 1 saturated heterocycles. The molecule has 3 aliphatic rings. The fourth-order valence-corrected chi connectivity index (χ4v) is 5.23. The lowest BCUT2D eigenvalue weighted by Crippen LogP contribution is -2.49. The molecule has 148 valence electrons. The molecule has 0 unspecified atom stereocenters. The van der Waals surface area contributed by atoms with Crippen molar-refractivity contribution in [3.8, 4) is 5.75 Å². The molecule has 3 amide bonds. The van der Waals surface area contributed by atoms with Crippen molar-refractivity contribution in [1.82, 2.24) is 10.4 Å². The van der Waals surface area contributed by atoms with Gasteiger partial charge in [-0.25, -0.2) is 0 Å². The molecule has 1 heterocycles. The van der Waals surface area contributed by atoms with E-state index in [0.29, 0.717) is 10.8 Å². The second-order valence-corrected chi connectivity index (χ2v) is 8.45. The monoisotopic (exact) mass is 402 g/mol. The van der Waals surface area contributed by atoms with Crippen LogP contribution in [0.5, 0.6) is 5.75 Å². The minimum atomic E-state index is -0.538. The Morgan fingerprint density at radius 2 is 1.79 bits per heavy atom. The number of ether oxygens (including phenoxy) is 1. The van der Waals surface area contributed by atoms with Gasteiger partial charge in [-0.1, -0.05) is 22.7 Å². The Hall–Kier alpha value is -2.34. The summed E-state index contributed by atoms with van der Waals surface area (Å²) in [6.07, 6.45) is 1.87. The molecule has 1 aromatic rings. The second-order valence-electron chi connectivity index (χ2n) is 8.04. The van der Waals surface area contributed by atoms with Crippen molar-refractivity contribution in [2.24, 2.45) is 23.7 Å². The Bertz CT molecular complexity index is 874. The third kappa shape index (κ3) is 2.91. The van der Waals surface area contributed by atoms with Crippen LogP contribution in [0.1, 0.15) is 32.3 Å². The summed E-state index contributed by atoms with van der Waals surface area (Å²) in [5, 5.41) is 1.53. The number of imide groups is 1. The molecule has 2 saturated carbocycles. The summed E-state index contributed by atoms with van der Waals surface area (Å²) in [5.74, 6) is -1.04. The van der Waals surface area contributed by atoms with E-state index in [4.69, 9.17) is 16.3 Å². The summed E-state index contributed by atoms with van der Waals surface area (Å²) in [7, 11) is 0. The topological polar surface area (TPSA) is 75.7 Å². The Kier molecular flexibility index (Phi) is 4.70. The van der Waals surface area contributed by atoms with Gasteiger partial charge in [0.05, 0.1) is 11.8 Å². The minimum absolute atomic E-state index is 0.131. The molecule has 1 aliphatic heterocycles. The van der Waals surface area contributed by atoms with E-state index < -0.39 is 5.91 Å². The lowest BCUT2D eigenvalue weighted by Gasteiger charge is -2.19. The van der Waals surface area contributed by atoms with Gasteiger partial charge in [0.1, 0.15) is 5.75 Å². The molecule has 2 bridgehead atoms. The van der Waals surface area contributed by atoms with E-state index in [9.17, 15) is 14.4 Å². The first kappa shape index (κ1) is 19.0. The highest BCUT2D eigenvalue weighted by Crippen LogP contribution is 2.59. The standard InChI is InChI=1S/C21H23ClN2O4/c1-10(2)17-13-5-6-14(17)19-18(13)20(26)24(21(19)27)23-16(25)9-28-12-4-7-15(22)11(3)8-12/h4,7-8,13-14,18-19H,5-6,9H2,1-3H3,(H,23,25)/t13-,14+,18+,19-. The summed E-state index contributed by atoms with van der Waals surface area (Å²) in [5.41, 5.74) is 5.77. The van der Waals surface area contributed by atoms with E-state index in [2.05, 4.69) is 5.43 Å². The summed E-state index contributed by atoms with van der Waals surface area (Å²) >= 11 is 5.97. The highest BCUT2D eigenvalue weighted by Gasteiger charge is 2.63. The van der Waals surface area contributed by atoms with Crippen LogP contribution in [0.15, 0.2) is 29.3 Å². The lowest BCUT2D eigenvalue weighted by molar-refractivity contribution is -0.150. The number of hydrogen-bond acceptors (Lipinski definition) is 4. The number of hydrazine groups is 1. The smallest absolute Gasteiger partial charge is 0.276 e. The summed E-state index contributed by atoms with van der Waals surface area (Å²) in [4.78, 5) is 38.0. The van der Waals surface area contributed by atoms with Crippen LogP contribution >= 0.6 is 11.6 Å². The molecule has 7 heteroatoms. The molecule has 0 aromatic heterocycles. The number of nitrogens with zero attached hydrogens (tertiary/aromatic N) is 1. The van der Waals surface area contributed by atoms with E-state index in [0.717, 1.165) is 23.4 Å². The van der Waals surface area contributed by atoms with Gasteiger partial charge < -0.3 is 4.74 Å². The number of benzene rings is 1. The average molecular weight is 403 g/mol. The maximum atomic E-state index is 12.9. The fraction of sp³-hybridized carbons (Fsp3) is 0.476. The molecule has 4 rings (SSSR count). The van der Waals surface area contributed by atoms with Gasteiger partial charge in [-0.3, -0.25) is 19.8 Å². The first-order valence-electron chi connectivity index (χ1n) is 9.53. The number of nitrogens with one attached hydrogen (secondary N) is 1. The zero-order valence-corrected chi connectivity index (χ0v) is 16.9. The van der Waals surface area contributed by atoms with E-state index in [-0.39, 0.29) is 42.1 Å². The van der Waals surface area contributed by atoms with Gasteiger partial charge in [0.2, 0.25) is 0 Å². The largest absolute Gasteiger partial charge is 0.484 e. The van der Waals surface area contributed by atoms with E-state index >= 15 is 0 Å². The number of amides is 3. The average Bonchev–Trinajstić information content (AvgIpc) is 3.28. The van der Waals surface area contributed by atoms with Gasteiger partial charge in [-0.2, -0.15) is 5.01 Å². The van der Waals surface area contributed by atoms with Gasteiger partial charge in [0.15, 0.2) is 6.61 Å². The van der Waals surface area contributed by atoms with Crippen LogP contribution in [0.3, 0.4) is 0 Å². The van der Waals surface area contributed by atoms with Crippen molar-refractivity contribution < 1.29 is 19.1 Å². The van der Waals surface area contributed by atoms with E-state index in [1.807, 2.05) is 20.8 Å². The van der Waals surface area contributed by atoms with Gasteiger partial charge in [-0.05, 0) is 69.2 Å². The first-order valence-corrected chi connectivity index (χ1v) is 9.91. The second kappa shape index (κ2) is 6.92. The number of allylic oxidation sites excluding steroid dienone is 2. The predicted octanol–water partition coefficient (Wildman–Crippen LogP) is 3.04. The highest BCUT2D eigenvalue weighted by atomic mass is 35.5. The number of aryl methyl sites for hydroxylation is 1. The van der Waals surface area contributed by atoms with Gasteiger partial charge in [0, 0.05) is 5.02 Å². The van der Waals surface area contributed by atoms with Crippen LogP contribution in [-0.2, 0) is 14.4 Å². The SMILES string of the molecule is CC(C)=C1[C@H]2CC[C@@H]1[C@H]1C(=O)N(NC(=O)COc3ccc(Cl)c(C)c3)C(=O)[C@H]12. The van der Waals surface area contributed by atoms with Crippen LogP contribution in [-0.4, -0.2) is 29.3 Å². The van der Waals surface area contributed by atoms with Crippen LogP contribution in [0.2, 0.25) is 5.02 Å². The molecule has 4 atom stereocenters. The number of carbonyl (C=O) groups is 3. The zero-order chi connectivity index (χ0) is 20.2. The molecule has 0 radical (unpaired) electrons. The maximum Gasteiger partial charge on any atom is 0.276 e. The molecule has 1 N–H and O–H groups in total. The maximum absolute atomic E-state index is 12.9. The summed E-state index contributed by atoms with van der Waals surface area (Å²) < 4.78 is 5.45. The van der Waals surface area contributed by atoms with E-state index in [1.165, 1.54) is 11.1 Å². The minimum Gasteiger partial charge on any atom is -0.484 e. The van der Waals surface area contributed by atoms with Gasteiger partial charge in [-0.15, -0.1) is 0 Å². The molecule has 2 aliphatic carbocycles. The van der Waals surface area contributed by atoms with Crippen LogP contribution in [0, 0.1) is 30.6 Å². The van der Waals surface area contributed by atoms with E-state index in [1.54, 1.807) is 18.2 Å². The molecular formula is C21H23ClN2O4. The number of fused-ring (bicyclic) bond motifs is 5. The van der Waals surface area contributed by atoms with Gasteiger partial charge in [0.25, 0.3) is 17.7 Å². The van der Waals surface area contributed by atoms with Crippen molar-refractivity contribution in [2.45, 2.75) is 33.6 Å². The quantitative estimate of drug-likeness (QED) is 0.620. The molecule has 6 nitrogen and oxygen atoms in total. The Labute approximate surface area is 168 Å². The summed E-state index contributed by atoms with van der Waals surface area (Å²) in [6.45, 7) is 5.64. The molecule has 3 fully saturated rings. The Morgan fingerprint density at radius 3 is 2.32 bits per heavy atom. The third-order valence-electron chi connectivity index (χ3n) is 6.17. The molecule has 0 spiro atoms. The Balaban J connectivity index is 1.42. The van der Waals surface area contributed by atoms with Crippen molar-refractivity contribution >= 4 is 29.3 Å². The van der Waals surface area contributed by atoms with Gasteiger partial charge >= 0.3 is 0 Å². The van der Waals surface area contributed by atoms with Crippen LogP contribution in [0.4, 0.5) is 0 Å². The Morgan fingerprint density at radius 1 is 1.18 bits per heavy atom. The predicted molar refractivity (Wildman–Crippen MR) is 103 cm³/mol. The third-order valence-corrected chi connectivity index (χ3v) is 6.59. The molecular weight excluding hydrogens is 380 g/mol. The van der Waals surface area contributed by atoms with Crippen molar-refractivity contribution in [1.29, 1.82) is 0 Å². The highest BCUT2D eigenvalue weighted by molar-refractivity contribution is 6.31. The van der Waals surface area contributed by atoms with Crippen molar-refractivity contribution in [2.75, 3.05) is 6.61 Å². The zero-order valence-electron chi connectivity index (χ0n) is 16.1. The molecule has 28 heavy (non-hydrogen) atoms. The molecule has 1 aromatic carbocycles. The summed E-state index contributed by atoms with van der Waals surface area (Å²) in [6, 6.07) is 5.08. The normalized spacial score (nSPS) is 28.0. The van der Waals surface area contributed by atoms with Crippen LogP contribution < -0.4 is 10.2 Å². The first-order chi connectivity index (χ1) is 13.3. The van der Waals surface area contributed by atoms with Crippen molar-refractivity contribution in [3.05, 3.63) is 39.9 Å².